The molecule has 0 aliphatic carbocycles. The summed E-state index contributed by atoms with van der Waals surface area (Å²) in [7, 11) is -4.84. The SMILES string of the molecule is N.O=C(O)CC(C(=O)O)S(=O)(=O)O. The number of hydrogen-bond acceptors (Lipinski definition) is 5. The van der Waals surface area contributed by atoms with Crippen LogP contribution in [0.4, 0.5) is 0 Å². The van der Waals surface area contributed by atoms with Crippen LogP contribution < -0.4 is 6.15 Å². The first kappa shape index (κ1) is 14.3. The smallest absolute Gasteiger partial charge is 0.325 e. The number of hydrogen-bond donors (Lipinski definition) is 4. The second-order valence-corrected chi connectivity index (χ2v) is 3.54. The Morgan fingerprint density at radius 2 is 1.62 bits per heavy atom. The second kappa shape index (κ2) is 4.74. The van der Waals surface area contributed by atoms with Crippen molar-refractivity contribution in [2.45, 2.75) is 11.7 Å². The normalized spacial score (nSPS) is 12.7. The lowest BCUT2D eigenvalue weighted by atomic mass is 10.3. The minimum atomic E-state index is -4.84. The lowest BCUT2D eigenvalue weighted by molar-refractivity contribution is -0.143. The first-order valence-corrected chi connectivity index (χ1v) is 4.16. The molecule has 6 N–H and O–H groups in total. The van der Waals surface area contributed by atoms with Gasteiger partial charge in [0.25, 0.3) is 10.1 Å². The molecule has 0 aromatic rings. The highest BCUT2D eigenvalue weighted by Crippen LogP contribution is 2.04. The van der Waals surface area contributed by atoms with Crippen LogP contribution in [0.2, 0.25) is 0 Å². The van der Waals surface area contributed by atoms with Crippen LogP contribution in [0, 0.1) is 0 Å². The Labute approximate surface area is 73.5 Å². The van der Waals surface area contributed by atoms with Gasteiger partial charge in [-0.2, -0.15) is 8.42 Å². The fourth-order valence-corrected chi connectivity index (χ4v) is 1.09. The lowest BCUT2D eigenvalue weighted by Crippen LogP contribution is -2.31. The molecule has 0 aromatic carbocycles. The summed E-state index contributed by atoms with van der Waals surface area (Å²) in [5.41, 5.74) is 0. The average molecular weight is 215 g/mol. The second-order valence-electron chi connectivity index (χ2n) is 1.94. The van der Waals surface area contributed by atoms with Crippen LogP contribution in [0.15, 0.2) is 0 Å². The molecule has 0 rings (SSSR count). The monoisotopic (exact) mass is 215 g/mol. The van der Waals surface area contributed by atoms with Crippen molar-refractivity contribution >= 4 is 22.1 Å². The molecule has 0 aliphatic rings. The van der Waals surface area contributed by atoms with Gasteiger partial charge >= 0.3 is 11.9 Å². The Bertz CT molecular complexity index is 294. The minimum absolute atomic E-state index is 0. The van der Waals surface area contributed by atoms with E-state index in [0.717, 1.165) is 0 Å². The van der Waals surface area contributed by atoms with Crippen LogP contribution in [0.3, 0.4) is 0 Å². The van der Waals surface area contributed by atoms with E-state index in [2.05, 4.69) is 0 Å². The molecule has 78 valence electrons. The predicted molar refractivity (Wildman–Crippen MR) is 40.2 cm³/mol. The number of aliphatic carboxylic acids is 2. The molecule has 0 spiro atoms. The molecule has 0 amide bonds. The van der Waals surface area contributed by atoms with Crippen LogP contribution in [0.25, 0.3) is 0 Å². The summed E-state index contributed by atoms with van der Waals surface area (Å²) in [6, 6.07) is 0. The zero-order chi connectivity index (χ0) is 9.94. The fourth-order valence-electron chi connectivity index (χ4n) is 0.479. The van der Waals surface area contributed by atoms with Crippen LogP contribution >= 0.6 is 0 Å². The number of carboxylic acids is 2. The Morgan fingerprint density at radius 1 is 1.23 bits per heavy atom. The van der Waals surface area contributed by atoms with Crippen molar-refractivity contribution in [1.82, 2.24) is 6.15 Å². The molecule has 13 heavy (non-hydrogen) atoms. The summed E-state index contributed by atoms with van der Waals surface area (Å²) in [5, 5.41) is 13.9. The van der Waals surface area contributed by atoms with E-state index in [9.17, 15) is 18.0 Å². The van der Waals surface area contributed by atoms with Gasteiger partial charge in [-0.1, -0.05) is 0 Å². The Hall–Kier alpha value is -1.19. The summed E-state index contributed by atoms with van der Waals surface area (Å²) in [5.74, 6) is -3.50. The first-order valence-electron chi connectivity index (χ1n) is 2.66. The van der Waals surface area contributed by atoms with E-state index < -0.39 is 33.7 Å². The third-order valence-corrected chi connectivity index (χ3v) is 2.08. The van der Waals surface area contributed by atoms with Crippen LogP contribution in [-0.4, -0.2) is 40.4 Å². The summed E-state index contributed by atoms with van der Waals surface area (Å²) in [6.07, 6.45) is -1.16. The third kappa shape index (κ3) is 5.11. The predicted octanol–water partition coefficient (Wildman–Crippen LogP) is -1.04. The summed E-state index contributed by atoms with van der Waals surface area (Å²) in [4.78, 5) is 20.0. The minimum Gasteiger partial charge on any atom is -0.481 e. The maximum absolute atomic E-state index is 10.2. The van der Waals surface area contributed by atoms with Gasteiger partial charge in [-0.15, -0.1) is 0 Å². The quantitative estimate of drug-likeness (QED) is 0.432. The molecule has 0 saturated carbocycles. The van der Waals surface area contributed by atoms with Crippen molar-refractivity contribution in [2.24, 2.45) is 0 Å². The number of rotatable bonds is 4. The standard InChI is InChI=1S/C4H6O7S.H3N/c5-3(6)1-2(4(7)8)12(9,10)11;/h2H,1H2,(H,5,6)(H,7,8)(H,9,10,11);1H3. The van der Waals surface area contributed by atoms with E-state index in [0.29, 0.717) is 0 Å². The van der Waals surface area contributed by atoms with Gasteiger partial charge in [0.05, 0.1) is 6.42 Å². The molecule has 0 fully saturated rings. The van der Waals surface area contributed by atoms with Crippen LogP contribution in [-0.2, 0) is 19.7 Å². The van der Waals surface area contributed by atoms with Crippen molar-refractivity contribution in [3.8, 4) is 0 Å². The van der Waals surface area contributed by atoms with E-state index in [1.165, 1.54) is 0 Å². The van der Waals surface area contributed by atoms with Gasteiger partial charge in [0, 0.05) is 0 Å². The van der Waals surface area contributed by atoms with Gasteiger partial charge in [0.15, 0.2) is 5.25 Å². The van der Waals surface area contributed by atoms with Gasteiger partial charge < -0.3 is 16.4 Å². The molecule has 0 aromatic heterocycles. The van der Waals surface area contributed by atoms with Crippen LogP contribution in [0.5, 0.6) is 0 Å². The van der Waals surface area contributed by atoms with E-state index in [1.54, 1.807) is 0 Å². The van der Waals surface area contributed by atoms with E-state index in [4.69, 9.17) is 14.8 Å². The van der Waals surface area contributed by atoms with Gasteiger partial charge in [0.1, 0.15) is 0 Å². The van der Waals surface area contributed by atoms with E-state index >= 15 is 0 Å². The first-order chi connectivity index (χ1) is 5.25. The summed E-state index contributed by atoms with van der Waals surface area (Å²) >= 11 is 0. The molecular formula is C4H9NO7S. The fraction of sp³-hybridized carbons (Fsp3) is 0.500. The maximum Gasteiger partial charge on any atom is 0.325 e. The Morgan fingerprint density at radius 3 is 1.69 bits per heavy atom. The van der Waals surface area contributed by atoms with Crippen molar-refractivity contribution in [3.63, 3.8) is 0 Å². The Balaban J connectivity index is 0. The lowest BCUT2D eigenvalue weighted by Gasteiger charge is -2.04. The molecule has 0 bridgehead atoms. The van der Waals surface area contributed by atoms with Crippen molar-refractivity contribution in [3.05, 3.63) is 0 Å². The zero-order valence-electron chi connectivity index (χ0n) is 6.37. The highest BCUT2D eigenvalue weighted by molar-refractivity contribution is 7.87. The summed E-state index contributed by atoms with van der Waals surface area (Å²) < 4.78 is 28.7. The van der Waals surface area contributed by atoms with Crippen molar-refractivity contribution in [1.29, 1.82) is 0 Å². The molecule has 8 nitrogen and oxygen atoms in total. The number of carboxylic acid groups (broad SMARTS) is 2. The van der Waals surface area contributed by atoms with Crippen molar-refractivity contribution < 1.29 is 32.8 Å². The molecule has 9 heteroatoms. The van der Waals surface area contributed by atoms with Gasteiger partial charge in [-0.05, 0) is 0 Å². The highest BCUT2D eigenvalue weighted by Gasteiger charge is 2.33. The van der Waals surface area contributed by atoms with Crippen molar-refractivity contribution in [2.75, 3.05) is 0 Å². The van der Waals surface area contributed by atoms with Gasteiger partial charge in [-0.25, -0.2) is 0 Å². The molecule has 0 radical (unpaired) electrons. The Kier molecular flexibility index (Phi) is 5.23. The zero-order valence-corrected chi connectivity index (χ0v) is 7.19. The summed E-state index contributed by atoms with van der Waals surface area (Å²) in [6.45, 7) is 0. The molecule has 1 atom stereocenters. The van der Waals surface area contributed by atoms with E-state index in [1.807, 2.05) is 0 Å². The largest absolute Gasteiger partial charge is 0.481 e. The molecule has 0 saturated heterocycles. The third-order valence-electron chi connectivity index (χ3n) is 0.995. The highest BCUT2D eigenvalue weighted by atomic mass is 32.2. The molecule has 0 aliphatic heterocycles. The maximum atomic E-state index is 10.2. The topological polar surface area (TPSA) is 164 Å². The average Bonchev–Trinajstić information content (AvgIpc) is 1.79. The molecule has 0 heterocycles. The van der Waals surface area contributed by atoms with Gasteiger partial charge in [0.2, 0.25) is 0 Å². The van der Waals surface area contributed by atoms with E-state index in [-0.39, 0.29) is 6.15 Å². The van der Waals surface area contributed by atoms with Gasteiger partial charge in [-0.3, -0.25) is 14.1 Å². The molecule has 1 unspecified atom stereocenters. The van der Waals surface area contributed by atoms with Crippen LogP contribution in [0.1, 0.15) is 6.42 Å². The molecular weight excluding hydrogens is 206 g/mol. The number of carbonyl (C=O) groups is 2.